The molecule has 0 atom stereocenters. The predicted octanol–water partition coefficient (Wildman–Crippen LogP) is 4.09. The van der Waals surface area contributed by atoms with E-state index in [4.69, 9.17) is 11.5 Å². The SMILES string of the molecule is CN1CCN(c2ccc(-c3cccc(CN(Cc4cccc(CN)c4)C(=O)C4CC4)c3)cc2N)CC1. The van der Waals surface area contributed by atoms with Crippen LogP contribution in [0, 0.1) is 5.92 Å². The molecule has 1 aliphatic heterocycles. The largest absolute Gasteiger partial charge is 0.397 e. The summed E-state index contributed by atoms with van der Waals surface area (Å²) >= 11 is 0. The van der Waals surface area contributed by atoms with Gasteiger partial charge in [-0.05, 0) is 65.9 Å². The third-order valence-electron chi connectivity index (χ3n) is 7.34. The van der Waals surface area contributed by atoms with Crippen molar-refractivity contribution in [2.75, 3.05) is 43.9 Å². The number of hydrogen-bond donors (Lipinski definition) is 2. The first-order valence-electron chi connectivity index (χ1n) is 13.0. The highest BCUT2D eigenvalue weighted by atomic mass is 16.2. The molecule has 1 heterocycles. The maximum absolute atomic E-state index is 13.2. The summed E-state index contributed by atoms with van der Waals surface area (Å²) in [7, 11) is 2.16. The van der Waals surface area contributed by atoms with E-state index in [0.717, 1.165) is 78.2 Å². The van der Waals surface area contributed by atoms with Crippen molar-refractivity contribution in [3.8, 4) is 11.1 Å². The Hall–Kier alpha value is -3.35. The van der Waals surface area contributed by atoms with E-state index in [1.54, 1.807) is 0 Å². The molecule has 0 aromatic heterocycles. The van der Waals surface area contributed by atoms with Crippen LogP contribution in [0.25, 0.3) is 11.1 Å². The summed E-state index contributed by atoms with van der Waals surface area (Å²) in [5, 5.41) is 0. The lowest BCUT2D eigenvalue weighted by molar-refractivity contribution is -0.133. The lowest BCUT2D eigenvalue weighted by Crippen LogP contribution is -2.44. The van der Waals surface area contributed by atoms with Crippen LogP contribution in [0.2, 0.25) is 0 Å². The average Bonchev–Trinajstić information content (AvgIpc) is 3.74. The molecule has 0 radical (unpaired) electrons. The van der Waals surface area contributed by atoms with Gasteiger partial charge in [-0.1, -0.05) is 48.5 Å². The highest BCUT2D eigenvalue weighted by Crippen LogP contribution is 2.33. The fraction of sp³-hybridized carbons (Fsp3) is 0.367. The van der Waals surface area contributed by atoms with Gasteiger partial charge in [0.2, 0.25) is 5.91 Å². The zero-order valence-electron chi connectivity index (χ0n) is 21.2. The highest BCUT2D eigenvalue weighted by molar-refractivity contribution is 5.81. The smallest absolute Gasteiger partial charge is 0.226 e. The predicted molar refractivity (Wildman–Crippen MR) is 147 cm³/mol. The Labute approximate surface area is 214 Å². The topological polar surface area (TPSA) is 78.8 Å². The summed E-state index contributed by atoms with van der Waals surface area (Å²) in [5.74, 6) is 0.423. The van der Waals surface area contributed by atoms with E-state index in [1.807, 2.05) is 17.0 Å². The number of benzene rings is 3. The second-order valence-electron chi connectivity index (χ2n) is 10.3. The summed E-state index contributed by atoms with van der Waals surface area (Å²) in [5.41, 5.74) is 19.8. The highest BCUT2D eigenvalue weighted by Gasteiger charge is 2.33. The molecule has 36 heavy (non-hydrogen) atoms. The molecule has 0 unspecified atom stereocenters. The van der Waals surface area contributed by atoms with E-state index in [0.29, 0.717) is 19.6 Å². The lowest BCUT2D eigenvalue weighted by atomic mass is 10.0. The average molecular weight is 484 g/mol. The van der Waals surface area contributed by atoms with E-state index < -0.39 is 0 Å². The van der Waals surface area contributed by atoms with Crippen LogP contribution < -0.4 is 16.4 Å². The van der Waals surface area contributed by atoms with Crippen LogP contribution in [0.4, 0.5) is 11.4 Å². The second-order valence-corrected chi connectivity index (χ2v) is 10.3. The molecular formula is C30H37N5O. The van der Waals surface area contributed by atoms with Crippen LogP contribution in [0.15, 0.2) is 66.7 Å². The van der Waals surface area contributed by atoms with Gasteiger partial charge in [0.1, 0.15) is 0 Å². The van der Waals surface area contributed by atoms with Gasteiger partial charge in [0.05, 0.1) is 11.4 Å². The molecule has 188 valence electrons. The fourth-order valence-corrected chi connectivity index (χ4v) is 5.01. The number of carbonyl (C=O) groups is 1. The maximum atomic E-state index is 13.2. The number of hydrogen-bond acceptors (Lipinski definition) is 5. The van der Waals surface area contributed by atoms with Crippen molar-refractivity contribution in [2.45, 2.75) is 32.5 Å². The summed E-state index contributed by atoms with van der Waals surface area (Å²) < 4.78 is 0. The van der Waals surface area contributed by atoms with E-state index in [1.165, 1.54) is 0 Å². The number of likely N-dealkylation sites (N-methyl/N-ethyl adjacent to an activating group) is 1. The number of piperazine rings is 1. The first-order chi connectivity index (χ1) is 17.5. The van der Waals surface area contributed by atoms with Crippen molar-refractivity contribution in [2.24, 2.45) is 11.7 Å². The minimum Gasteiger partial charge on any atom is -0.397 e. The van der Waals surface area contributed by atoms with Crippen molar-refractivity contribution < 1.29 is 4.79 Å². The van der Waals surface area contributed by atoms with Crippen molar-refractivity contribution >= 4 is 17.3 Å². The molecule has 1 saturated heterocycles. The summed E-state index contributed by atoms with van der Waals surface area (Å²) in [6.07, 6.45) is 1.99. The number of amides is 1. The maximum Gasteiger partial charge on any atom is 0.226 e. The van der Waals surface area contributed by atoms with Gasteiger partial charge < -0.3 is 26.2 Å². The Balaban J connectivity index is 1.34. The Kier molecular flexibility index (Phi) is 7.25. The third-order valence-corrected chi connectivity index (χ3v) is 7.34. The van der Waals surface area contributed by atoms with Crippen LogP contribution in [-0.2, 0) is 24.4 Å². The number of anilines is 2. The first kappa shape index (κ1) is 24.3. The molecule has 4 N–H and O–H groups in total. The standard InChI is InChI=1S/C30H37N5O/c1-33-12-14-34(15-13-33)29-11-10-27(18-28(29)32)26-7-3-6-24(17-26)21-35(30(36)25-8-9-25)20-23-5-2-4-22(16-23)19-31/h2-7,10-11,16-18,25H,8-9,12-15,19-21,31-32H2,1H3. The van der Waals surface area contributed by atoms with Gasteiger partial charge >= 0.3 is 0 Å². The van der Waals surface area contributed by atoms with Gasteiger partial charge in [-0.2, -0.15) is 0 Å². The zero-order valence-corrected chi connectivity index (χ0v) is 21.2. The van der Waals surface area contributed by atoms with Gasteiger partial charge in [0, 0.05) is 51.7 Å². The minimum absolute atomic E-state index is 0.174. The van der Waals surface area contributed by atoms with Gasteiger partial charge in [-0.15, -0.1) is 0 Å². The summed E-state index contributed by atoms with van der Waals surface area (Å²) in [4.78, 5) is 19.9. The monoisotopic (exact) mass is 483 g/mol. The van der Waals surface area contributed by atoms with Crippen LogP contribution in [0.1, 0.15) is 29.5 Å². The molecule has 3 aromatic carbocycles. The zero-order chi connectivity index (χ0) is 25.1. The molecule has 1 amide bonds. The van der Waals surface area contributed by atoms with Gasteiger partial charge in [0.25, 0.3) is 0 Å². The van der Waals surface area contributed by atoms with Crippen molar-refractivity contribution in [1.29, 1.82) is 0 Å². The Bertz CT molecular complexity index is 1210. The lowest BCUT2D eigenvalue weighted by Gasteiger charge is -2.34. The first-order valence-corrected chi connectivity index (χ1v) is 13.0. The summed E-state index contributed by atoms with van der Waals surface area (Å²) in [6.45, 7) is 5.78. The molecule has 1 saturated carbocycles. The fourth-order valence-electron chi connectivity index (χ4n) is 5.01. The molecule has 1 aliphatic carbocycles. The van der Waals surface area contributed by atoms with E-state index in [2.05, 4.69) is 71.4 Å². The van der Waals surface area contributed by atoms with Crippen LogP contribution in [-0.4, -0.2) is 48.9 Å². The van der Waals surface area contributed by atoms with Gasteiger partial charge in [-0.25, -0.2) is 0 Å². The number of nitrogen functional groups attached to an aromatic ring is 1. The Morgan fingerprint density at radius 2 is 1.50 bits per heavy atom. The van der Waals surface area contributed by atoms with E-state index in [-0.39, 0.29) is 11.8 Å². The molecule has 6 heteroatoms. The quantitative estimate of drug-likeness (QED) is 0.472. The van der Waals surface area contributed by atoms with Crippen molar-refractivity contribution in [3.63, 3.8) is 0 Å². The minimum atomic E-state index is 0.174. The normalized spacial score (nSPS) is 16.2. The Morgan fingerprint density at radius 3 is 2.17 bits per heavy atom. The number of nitrogens with two attached hydrogens (primary N) is 2. The molecule has 6 nitrogen and oxygen atoms in total. The molecular weight excluding hydrogens is 446 g/mol. The number of carbonyl (C=O) groups excluding carboxylic acids is 1. The van der Waals surface area contributed by atoms with Crippen LogP contribution in [0.5, 0.6) is 0 Å². The van der Waals surface area contributed by atoms with Crippen molar-refractivity contribution in [3.05, 3.63) is 83.4 Å². The molecule has 2 fully saturated rings. The van der Waals surface area contributed by atoms with E-state index >= 15 is 0 Å². The van der Waals surface area contributed by atoms with Gasteiger partial charge in [-0.3, -0.25) is 4.79 Å². The van der Waals surface area contributed by atoms with Crippen molar-refractivity contribution in [1.82, 2.24) is 9.80 Å². The third kappa shape index (κ3) is 5.72. The number of rotatable bonds is 8. The summed E-state index contributed by atoms with van der Waals surface area (Å²) in [6, 6.07) is 23.1. The van der Waals surface area contributed by atoms with Crippen LogP contribution >= 0.6 is 0 Å². The van der Waals surface area contributed by atoms with E-state index in [9.17, 15) is 4.79 Å². The molecule has 0 bridgehead atoms. The Morgan fingerprint density at radius 1 is 0.861 bits per heavy atom. The van der Waals surface area contributed by atoms with Gasteiger partial charge in [0.15, 0.2) is 0 Å². The molecule has 3 aromatic rings. The van der Waals surface area contributed by atoms with Crippen LogP contribution in [0.3, 0.4) is 0 Å². The second kappa shape index (κ2) is 10.7. The molecule has 0 spiro atoms. The molecule has 5 rings (SSSR count). The number of nitrogens with zero attached hydrogens (tertiary/aromatic N) is 3. The molecule has 2 aliphatic rings.